The Kier molecular flexibility index (Phi) is 2.57. The van der Waals surface area contributed by atoms with Gasteiger partial charge in [0.1, 0.15) is 5.82 Å². The van der Waals surface area contributed by atoms with Gasteiger partial charge in [-0.3, -0.25) is 0 Å². The second kappa shape index (κ2) is 3.46. The molecule has 0 aliphatic rings. The number of aliphatic hydroxyl groups is 1. The van der Waals surface area contributed by atoms with E-state index in [1.165, 1.54) is 12.1 Å². The lowest BCUT2D eigenvalue weighted by Crippen LogP contribution is -1.98. The topological polar surface area (TPSA) is 46.2 Å². The number of hydrogen-bond acceptors (Lipinski definition) is 2. The lowest BCUT2D eigenvalue weighted by atomic mass is 10.1. The molecule has 0 amide bonds. The van der Waals surface area contributed by atoms with E-state index in [9.17, 15) is 4.39 Å². The number of aliphatic hydroxyl groups excluding tert-OH is 1. The van der Waals surface area contributed by atoms with Crippen LogP contribution in [0.2, 0.25) is 0 Å². The molecule has 0 fully saturated rings. The molecule has 0 saturated carbocycles. The maximum atomic E-state index is 12.6. The molecule has 0 heterocycles. The van der Waals surface area contributed by atoms with Crippen LogP contribution in [-0.2, 0) is 13.2 Å². The first-order chi connectivity index (χ1) is 5.26. The predicted molar refractivity (Wildman–Crippen MR) is 40.2 cm³/mol. The van der Waals surface area contributed by atoms with Crippen LogP contribution in [0.3, 0.4) is 0 Å². The Labute approximate surface area is 64.5 Å². The van der Waals surface area contributed by atoms with Gasteiger partial charge in [0.05, 0.1) is 6.61 Å². The molecule has 0 atom stereocenters. The van der Waals surface area contributed by atoms with Gasteiger partial charge in [0.2, 0.25) is 0 Å². The number of rotatable bonds is 2. The van der Waals surface area contributed by atoms with Gasteiger partial charge in [-0.15, -0.1) is 0 Å². The quantitative estimate of drug-likeness (QED) is 0.662. The van der Waals surface area contributed by atoms with Crippen molar-refractivity contribution >= 4 is 0 Å². The van der Waals surface area contributed by atoms with Crippen LogP contribution < -0.4 is 5.73 Å². The number of benzene rings is 1. The summed E-state index contributed by atoms with van der Waals surface area (Å²) in [4.78, 5) is 0. The van der Waals surface area contributed by atoms with Crippen LogP contribution in [0.5, 0.6) is 0 Å². The summed E-state index contributed by atoms with van der Waals surface area (Å²) in [5, 5.41) is 8.67. The summed E-state index contributed by atoms with van der Waals surface area (Å²) in [5.74, 6) is -0.350. The van der Waals surface area contributed by atoms with E-state index in [4.69, 9.17) is 10.8 Å². The zero-order chi connectivity index (χ0) is 8.27. The summed E-state index contributed by atoms with van der Waals surface area (Å²) in [6.45, 7) is 0.148. The zero-order valence-corrected chi connectivity index (χ0v) is 6.05. The Morgan fingerprint density at radius 1 is 1.27 bits per heavy atom. The van der Waals surface area contributed by atoms with E-state index in [1.807, 2.05) is 0 Å². The van der Waals surface area contributed by atoms with E-state index < -0.39 is 0 Å². The summed E-state index contributed by atoms with van der Waals surface area (Å²) < 4.78 is 12.6. The predicted octanol–water partition coefficient (Wildman–Crippen LogP) is 0.777. The van der Waals surface area contributed by atoms with E-state index in [0.29, 0.717) is 17.7 Å². The van der Waals surface area contributed by atoms with E-state index >= 15 is 0 Å². The van der Waals surface area contributed by atoms with Crippen molar-refractivity contribution in [1.29, 1.82) is 0 Å². The van der Waals surface area contributed by atoms with Crippen LogP contribution in [0.25, 0.3) is 0 Å². The standard InChI is InChI=1S/C8H10FNO/c9-8-2-6(4-10)1-7(3-8)5-11/h1-3,11H,4-5,10H2. The lowest BCUT2D eigenvalue weighted by molar-refractivity contribution is 0.281. The Morgan fingerprint density at radius 2 is 1.91 bits per heavy atom. The van der Waals surface area contributed by atoms with Gasteiger partial charge in [0.15, 0.2) is 0 Å². The molecular formula is C8H10FNO. The van der Waals surface area contributed by atoms with E-state index in [2.05, 4.69) is 0 Å². The molecule has 1 aromatic carbocycles. The highest BCUT2D eigenvalue weighted by Crippen LogP contribution is 2.08. The second-order valence-electron chi connectivity index (χ2n) is 2.33. The molecule has 0 unspecified atom stereocenters. The molecule has 1 aromatic rings. The third kappa shape index (κ3) is 2.00. The minimum absolute atomic E-state index is 0.148. The molecule has 2 nitrogen and oxygen atoms in total. The summed E-state index contributed by atoms with van der Waals surface area (Å²) in [6.07, 6.45) is 0. The maximum absolute atomic E-state index is 12.6. The first-order valence-corrected chi connectivity index (χ1v) is 3.35. The summed E-state index contributed by atoms with van der Waals surface area (Å²) >= 11 is 0. The molecule has 0 saturated heterocycles. The van der Waals surface area contributed by atoms with Crippen molar-refractivity contribution in [2.75, 3.05) is 0 Å². The fourth-order valence-corrected chi connectivity index (χ4v) is 0.926. The van der Waals surface area contributed by atoms with E-state index in [1.54, 1.807) is 6.07 Å². The maximum Gasteiger partial charge on any atom is 0.123 e. The molecule has 0 aliphatic carbocycles. The highest BCUT2D eigenvalue weighted by atomic mass is 19.1. The van der Waals surface area contributed by atoms with Crippen LogP contribution in [0.4, 0.5) is 4.39 Å². The van der Waals surface area contributed by atoms with Gasteiger partial charge >= 0.3 is 0 Å². The van der Waals surface area contributed by atoms with Crippen LogP contribution in [0, 0.1) is 5.82 Å². The van der Waals surface area contributed by atoms with Crippen molar-refractivity contribution < 1.29 is 9.50 Å². The molecule has 3 heteroatoms. The van der Waals surface area contributed by atoms with Gasteiger partial charge in [-0.1, -0.05) is 6.07 Å². The van der Waals surface area contributed by atoms with Gasteiger partial charge in [0, 0.05) is 6.54 Å². The van der Waals surface area contributed by atoms with Crippen molar-refractivity contribution in [1.82, 2.24) is 0 Å². The zero-order valence-electron chi connectivity index (χ0n) is 6.05. The Morgan fingerprint density at radius 3 is 2.45 bits per heavy atom. The van der Waals surface area contributed by atoms with Crippen LogP contribution in [0.15, 0.2) is 18.2 Å². The molecule has 60 valence electrons. The minimum atomic E-state index is -0.350. The summed E-state index contributed by atoms with van der Waals surface area (Å²) in [6, 6.07) is 4.33. The van der Waals surface area contributed by atoms with Crippen molar-refractivity contribution in [3.63, 3.8) is 0 Å². The molecule has 0 bridgehead atoms. The van der Waals surface area contributed by atoms with Crippen LogP contribution in [-0.4, -0.2) is 5.11 Å². The van der Waals surface area contributed by atoms with Gasteiger partial charge in [0.25, 0.3) is 0 Å². The molecule has 0 radical (unpaired) electrons. The molecule has 11 heavy (non-hydrogen) atoms. The first kappa shape index (κ1) is 8.17. The SMILES string of the molecule is NCc1cc(F)cc(CO)c1. The fraction of sp³-hybridized carbons (Fsp3) is 0.250. The first-order valence-electron chi connectivity index (χ1n) is 3.35. The van der Waals surface area contributed by atoms with Crippen molar-refractivity contribution in [3.8, 4) is 0 Å². The Hall–Kier alpha value is -0.930. The van der Waals surface area contributed by atoms with Gasteiger partial charge in [-0.05, 0) is 23.3 Å². The molecule has 0 aliphatic heterocycles. The Bertz CT molecular complexity index is 228. The average Bonchev–Trinajstić information content (AvgIpc) is 2.03. The normalized spacial score (nSPS) is 10.1. The molecule has 1 rings (SSSR count). The summed E-state index contributed by atoms with van der Waals surface area (Å²) in [5.41, 5.74) is 6.56. The molecular weight excluding hydrogens is 145 g/mol. The monoisotopic (exact) mass is 155 g/mol. The average molecular weight is 155 g/mol. The van der Waals surface area contributed by atoms with Crippen molar-refractivity contribution in [3.05, 3.63) is 35.1 Å². The number of hydrogen-bond donors (Lipinski definition) is 2. The van der Waals surface area contributed by atoms with Gasteiger partial charge < -0.3 is 10.8 Å². The summed E-state index contributed by atoms with van der Waals surface area (Å²) in [7, 11) is 0. The molecule has 0 aromatic heterocycles. The highest BCUT2D eigenvalue weighted by Gasteiger charge is 1.97. The van der Waals surface area contributed by atoms with Crippen LogP contribution >= 0.6 is 0 Å². The largest absolute Gasteiger partial charge is 0.392 e. The third-order valence-corrected chi connectivity index (χ3v) is 1.44. The lowest BCUT2D eigenvalue weighted by Gasteiger charge is -2.00. The fourth-order valence-electron chi connectivity index (χ4n) is 0.926. The smallest absolute Gasteiger partial charge is 0.123 e. The number of nitrogens with two attached hydrogens (primary N) is 1. The second-order valence-corrected chi connectivity index (χ2v) is 2.33. The van der Waals surface area contributed by atoms with Crippen LogP contribution in [0.1, 0.15) is 11.1 Å². The van der Waals surface area contributed by atoms with Gasteiger partial charge in [-0.2, -0.15) is 0 Å². The van der Waals surface area contributed by atoms with Crippen molar-refractivity contribution in [2.45, 2.75) is 13.2 Å². The van der Waals surface area contributed by atoms with E-state index in [-0.39, 0.29) is 12.4 Å². The third-order valence-electron chi connectivity index (χ3n) is 1.44. The van der Waals surface area contributed by atoms with Gasteiger partial charge in [-0.25, -0.2) is 4.39 Å². The molecule has 3 N–H and O–H groups in total. The van der Waals surface area contributed by atoms with Crippen molar-refractivity contribution in [2.24, 2.45) is 5.73 Å². The number of halogens is 1. The highest BCUT2D eigenvalue weighted by molar-refractivity contribution is 5.23. The van der Waals surface area contributed by atoms with E-state index in [0.717, 1.165) is 0 Å². The minimum Gasteiger partial charge on any atom is -0.392 e. The Balaban J connectivity index is 3.02. The molecule has 0 spiro atoms.